The lowest BCUT2D eigenvalue weighted by molar-refractivity contribution is -0.384. The Bertz CT molecular complexity index is 1300. The molecule has 1 saturated heterocycles. The number of non-ortho nitro benzene ring substituents is 1. The van der Waals surface area contributed by atoms with Crippen molar-refractivity contribution in [3.8, 4) is 0 Å². The lowest BCUT2D eigenvalue weighted by Crippen LogP contribution is -2.55. The van der Waals surface area contributed by atoms with Crippen molar-refractivity contribution >= 4 is 39.3 Å². The summed E-state index contributed by atoms with van der Waals surface area (Å²) >= 11 is 0. The van der Waals surface area contributed by atoms with Gasteiger partial charge in [0.25, 0.3) is 11.6 Å². The van der Waals surface area contributed by atoms with Crippen LogP contribution in [0, 0.1) is 17.0 Å². The van der Waals surface area contributed by atoms with Crippen LogP contribution in [0.2, 0.25) is 0 Å². The van der Waals surface area contributed by atoms with E-state index in [-0.39, 0.29) is 24.3 Å². The zero-order valence-corrected chi connectivity index (χ0v) is 20.3. The summed E-state index contributed by atoms with van der Waals surface area (Å²) in [6, 6.07) is 10.0. The summed E-state index contributed by atoms with van der Waals surface area (Å²) in [4.78, 5) is 49.3. The topological polar surface area (TPSA) is 179 Å². The van der Waals surface area contributed by atoms with Crippen molar-refractivity contribution in [1.29, 1.82) is 0 Å². The van der Waals surface area contributed by atoms with Gasteiger partial charge < -0.3 is 15.7 Å². The molecule has 3 N–H and O–H groups in total. The molecular weight excluding hydrogens is 494 g/mol. The number of nitro benzene ring substituents is 1. The molecular formula is C22H25N5O8S. The molecule has 0 spiro atoms. The number of urea groups is 1. The zero-order chi connectivity index (χ0) is 26.6. The lowest BCUT2D eigenvalue weighted by atomic mass is 10.0. The van der Waals surface area contributed by atoms with E-state index in [9.17, 15) is 38.0 Å². The van der Waals surface area contributed by atoms with Crippen molar-refractivity contribution in [2.24, 2.45) is 0 Å². The molecule has 36 heavy (non-hydrogen) atoms. The number of amides is 3. The van der Waals surface area contributed by atoms with Crippen LogP contribution in [0.3, 0.4) is 0 Å². The SMILES string of the molecule is Cc1cccc(NC(=O)N2CCN(S(C)(=O)=O)C2C(=O)NC(CC(=O)O)c2cccc([N+](=O)[O-])c2)c1. The Morgan fingerprint density at radius 3 is 2.47 bits per heavy atom. The van der Waals surface area contributed by atoms with Crippen molar-refractivity contribution in [3.05, 3.63) is 69.8 Å². The van der Waals surface area contributed by atoms with E-state index in [1.807, 2.05) is 13.0 Å². The molecule has 14 heteroatoms. The molecule has 1 aliphatic heterocycles. The van der Waals surface area contributed by atoms with Gasteiger partial charge in [0.2, 0.25) is 10.0 Å². The highest BCUT2D eigenvalue weighted by Gasteiger charge is 2.45. The van der Waals surface area contributed by atoms with Crippen LogP contribution in [0.25, 0.3) is 0 Å². The van der Waals surface area contributed by atoms with Crippen molar-refractivity contribution < 1.29 is 32.8 Å². The molecule has 1 heterocycles. The largest absolute Gasteiger partial charge is 0.481 e. The number of nitro groups is 1. The molecule has 0 radical (unpaired) electrons. The minimum Gasteiger partial charge on any atom is -0.481 e. The van der Waals surface area contributed by atoms with Crippen LogP contribution in [0.5, 0.6) is 0 Å². The standard InChI is InChI=1S/C22H25N5O8S/c1-14-5-3-7-16(11-14)23-22(31)25-9-10-26(36(2,34)35)21(25)20(30)24-18(13-19(28)29)15-6-4-8-17(12-15)27(32)33/h3-8,11-12,18,21H,9-10,13H2,1-2H3,(H,23,31)(H,24,30)(H,28,29). The number of hydrogen-bond donors (Lipinski definition) is 3. The average Bonchev–Trinajstić information content (AvgIpc) is 3.25. The summed E-state index contributed by atoms with van der Waals surface area (Å²) in [5, 5.41) is 25.6. The number of nitrogens with one attached hydrogen (secondary N) is 2. The molecule has 192 valence electrons. The van der Waals surface area contributed by atoms with E-state index in [4.69, 9.17) is 0 Å². The predicted molar refractivity (Wildman–Crippen MR) is 128 cm³/mol. The van der Waals surface area contributed by atoms with E-state index in [0.717, 1.165) is 27.1 Å². The Kier molecular flexibility index (Phi) is 7.90. The van der Waals surface area contributed by atoms with Gasteiger partial charge in [0.15, 0.2) is 6.17 Å². The third-order valence-electron chi connectivity index (χ3n) is 5.50. The highest BCUT2D eigenvalue weighted by atomic mass is 32.2. The first-order chi connectivity index (χ1) is 16.9. The number of carboxylic acid groups (broad SMARTS) is 1. The Labute approximate surface area is 206 Å². The van der Waals surface area contributed by atoms with Gasteiger partial charge in [0.1, 0.15) is 0 Å². The predicted octanol–water partition coefficient (Wildman–Crippen LogP) is 1.67. The van der Waals surface area contributed by atoms with E-state index >= 15 is 0 Å². The number of rotatable bonds is 8. The van der Waals surface area contributed by atoms with Crippen molar-refractivity contribution in [1.82, 2.24) is 14.5 Å². The van der Waals surface area contributed by atoms with Crippen LogP contribution in [-0.2, 0) is 19.6 Å². The second kappa shape index (κ2) is 10.7. The number of benzene rings is 2. The minimum absolute atomic E-state index is 0.0940. The molecule has 3 amide bonds. The summed E-state index contributed by atoms with van der Waals surface area (Å²) < 4.78 is 25.6. The molecule has 3 rings (SSSR count). The molecule has 1 aliphatic rings. The normalized spacial score (nSPS) is 16.8. The molecule has 0 aromatic heterocycles. The minimum atomic E-state index is -3.94. The third-order valence-corrected chi connectivity index (χ3v) is 6.73. The van der Waals surface area contributed by atoms with E-state index < -0.39 is 51.5 Å². The number of carboxylic acids is 1. The molecule has 0 aliphatic carbocycles. The fourth-order valence-electron chi connectivity index (χ4n) is 3.88. The zero-order valence-electron chi connectivity index (χ0n) is 19.4. The molecule has 2 aromatic rings. The molecule has 0 saturated carbocycles. The van der Waals surface area contributed by atoms with Crippen molar-refractivity contribution in [2.75, 3.05) is 24.7 Å². The first-order valence-electron chi connectivity index (χ1n) is 10.7. The monoisotopic (exact) mass is 519 g/mol. The number of aliphatic carboxylic acids is 1. The maximum Gasteiger partial charge on any atom is 0.323 e. The second-order valence-electron chi connectivity index (χ2n) is 8.25. The van der Waals surface area contributed by atoms with Crippen LogP contribution in [0.15, 0.2) is 48.5 Å². The summed E-state index contributed by atoms with van der Waals surface area (Å²) in [5.41, 5.74) is 1.14. The number of anilines is 1. The summed E-state index contributed by atoms with van der Waals surface area (Å²) in [6.45, 7) is 1.57. The average molecular weight is 520 g/mol. The Balaban J connectivity index is 1.91. The summed E-state index contributed by atoms with van der Waals surface area (Å²) in [7, 11) is -3.94. The molecule has 1 fully saturated rings. The van der Waals surface area contributed by atoms with Crippen molar-refractivity contribution in [2.45, 2.75) is 25.6 Å². The Morgan fingerprint density at radius 2 is 1.86 bits per heavy atom. The highest BCUT2D eigenvalue weighted by Crippen LogP contribution is 2.25. The van der Waals surface area contributed by atoms with Crippen LogP contribution >= 0.6 is 0 Å². The lowest BCUT2D eigenvalue weighted by Gasteiger charge is -2.29. The number of carbonyl (C=O) groups is 3. The van der Waals surface area contributed by atoms with Crippen LogP contribution < -0.4 is 10.6 Å². The molecule has 2 aromatic carbocycles. The summed E-state index contributed by atoms with van der Waals surface area (Å²) in [5.74, 6) is -2.25. The van der Waals surface area contributed by atoms with Crippen LogP contribution in [0.1, 0.15) is 23.6 Å². The Hall–Kier alpha value is -4.04. The second-order valence-corrected chi connectivity index (χ2v) is 10.2. The van der Waals surface area contributed by atoms with Gasteiger partial charge in [-0.25, -0.2) is 13.2 Å². The van der Waals surface area contributed by atoms with Crippen LogP contribution in [-0.4, -0.2) is 71.1 Å². The number of hydrogen-bond acceptors (Lipinski definition) is 7. The van der Waals surface area contributed by atoms with Gasteiger partial charge in [-0.05, 0) is 30.2 Å². The van der Waals surface area contributed by atoms with Gasteiger partial charge in [-0.3, -0.25) is 24.6 Å². The maximum atomic E-state index is 13.3. The van der Waals surface area contributed by atoms with E-state index in [0.29, 0.717) is 5.69 Å². The molecule has 2 unspecified atom stereocenters. The molecule has 0 bridgehead atoms. The van der Waals surface area contributed by atoms with Gasteiger partial charge in [-0.1, -0.05) is 24.3 Å². The third kappa shape index (κ3) is 6.34. The van der Waals surface area contributed by atoms with Gasteiger partial charge in [0, 0.05) is 30.9 Å². The first-order valence-corrected chi connectivity index (χ1v) is 12.6. The first kappa shape index (κ1) is 26.6. The fraction of sp³-hybridized carbons (Fsp3) is 0.318. The number of carbonyl (C=O) groups excluding carboxylic acids is 2. The number of nitrogens with zero attached hydrogens (tertiary/aromatic N) is 3. The highest BCUT2D eigenvalue weighted by molar-refractivity contribution is 7.88. The Morgan fingerprint density at radius 1 is 1.17 bits per heavy atom. The number of sulfonamides is 1. The smallest absolute Gasteiger partial charge is 0.323 e. The maximum absolute atomic E-state index is 13.3. The van der Waals surface area contributed by atoms with Gasteiger partial charge in [-0.15, -0.1) is 0 Å². The molecule has 2 atom stereocenters. The molecule has 13 nitrogen and oxygen atoms in total. The van der Waals surface area contributed by atoms with E-state index in [1.165, 1.54) is 18.2 Å². The number of aryl methyl sites for hydroxylation is 1. The summed E-state index contributed by atoms with van der Waals surface area (Å²) in [6.07, 6.45) is -1.33. The van der Waals surface area contributed by atoms with Gasteiger partial charge in [0.05, 0.1) is 23.6 Å². The fourth-order valence-corrected chi connectivity index (χ4v) is 4.87. The van der Waals surface area contributed by atoms with E-state index in [2.05, 4.69) is 10.6 Å². The quantitative estimate of drug-likeness (QED) is 0.348. The van der Waals surface area contributed by atoms with Crippen LogP contribution in [0.4, 0.5) is 16.2 Å². The van der Waals surface area contributed by atoms with Gasteiger partial charge in [-0.2, -0.15) is 4.31 Å². The van der Waals surface area contributed by atoms with Crippen molar-refractivity contribution in [3.63, 3.8) is 0 Å². The van der Waals surface area contributed by atoms with Gasteiger partial charge >= 0.3 is 12.0 Å². The van der Waals surface area contributed by atoms with E-state index in [1.54, 1.807) is 18.2 Å².